The summed E-state index contributed by atoms with van der Waals surface area (Å²) in [6.45, 7) is 8.64. The highest BCUT2D eigenvalue weighted by Crippen LogP contribution is 2.25. The molecule has 1 N–H and O–H groups in total. The van der Waals surface area contributed by atoms with Crippen molar-refractivity contribution in [2.45, 2.75) is 38.3 Å². The van der Waals surface area contributed by atoms with Crippen LogP contribution >= 0.6 is 0 Å². The van der Waals surface area contributed by atoms with Crippen molar-refractivity contribution < 1.29 is 0 Å². The number of hydrogen-bond acceptors (Lipinski definition) is 4. The predicted octanol–water partition coefficient (Wildman–Crippen LogP) is 0.714. The molecule has 4 nitrogen and oxygen atoms in total. The maximum atomic E-state index is 3.45. The molecule has 0 radical (unpaired) electrons. The highest BCUT2D eigenvalue weighted by molar-refractivity contribution is 4.82. The third-order valence-corrected chi connectivity index (χ3v) is 4.46. The van der Waals surface area contributed by atoms with E-state index in [-0.39, 0.29) is 0 Å². The smallest absolute Gasteiger partial charge is 0.0760 e. The van der Waals surface area contributed by atoms with Gasteiger partial charge in [0.25, 0.3) is 0 Å². The van der Waals surface area contributed by atoms with E-state index in [9.17, 15) is 0 Å². The third kappa shape index (κ3) is 2.65. The zero-order chi connectivity index (χ0) is 11.5. The number of hydrazine groups is 1. The number of hydrogen-bond donors (Lipinski definition) is 1. The van der Waals surface area contributed by atoms with Crippen LogP contribution in [-0.2, 0) is 0 Å². The normalized spacial score (nSPS) is 34.2. The van der Waals surface area contributed by atoms with Gasteiger partial charge in [0.05, 0.1) is 6.17 Å². The summed E-state index contributed by atoms with van der Waals surface area (Å²) in [6, 6.07) is 0. The van der Waals surface area contributed by atoms with Crippen LogP contribution < -0.4 is 5.32 Å². The highest BCUT2D eigenvalue weighted by atomic mass is 15.7. The fourth-order valence-corrected chi connectivity index (χ4v) is 3.56. The van der Waals surface area contributed by atoms with Gasteiger partial charge in [0.1, 0.15) is 0 Å². The molecule has 0 aromatic heterocycles. The van der Waals surface area contributed by atoms with Gasteiger partial charge in [-0.25, -0.2) is 10.0 Å². The second kappa shape index (κ2) is 5.65. The second-order valence-corrected chi connectivity index (χ2v) is 5.59. The lowest BCUT2D eigenvalue weighted by Crippen LogP contribution is -2.58. The van der Waals surface area contributed by atoms with E-state index in [0.717, 1.165) is 13.1 Å². The molecule has 0 amide bonds. The first-order valence-corrected chi connectivity index (χ1v) is 7.41. The lowest BCUT2D eigenvalue weighted by Gasteiger charge is -2.44. The molecule has 3 heterocycles. The molecule has 3 aliphatic rings. The Kier molecular flexibility index (Phi) is 3.96. The third-order valence-electron chi connectivity index (χ3n) is 4.46. The van der Waals surface area contributed by atoms with Gasteiger partial charge in [0, 0.05) is 32.7 Å². The molecule has 0 aromatic rings. The molecule has 0 aromatic carbocycles. The summed E-state index contributed by atoms with van der Waals surface area (Å²) in [5.74, 6) is 0. The summed E-state index contributed by atoms with van der Waals surface area (Å²) in [7, 11) is 0. The lowest BCUT2D eigenvalue weighted by molar-refractivity contribution is -0.0980. The Bertz CT molecular complexity index is 210. The van der Waals surface area contributed by atoms with Gasteiger partial charge in [-0.15, -0.1) is 0 Å². The van der Waals surface area contributed by atoms with E-state index < -0.39 is 0 Å². The zero-order valence-electron chi connectivity index (χ0n) is 10.9. The molecule has 98 valence electrons. The Labute approximate surface area is 105 Å². The second-order valence-electron chi connectivity index (χ2n) is 5.59. The molecular weight excluding hydrogens is 212 g/mol. The van der Waals surface area contributed by atoms with E-state index in [1.165, 1.54) is 64.8 Å². The quantitative estimate of drug-likeness (QED) is 0.765. The maximum absolute atomic E-state index is 3.45. The zero-order valence-corrected chi connectivity index (χ0v) is 10.9. The van der Waals surface area contributed by atoms with Crippen molar-refractivity contribution in [2.75, 3.05) is 45.8 Å². The lowest BCUT2D eigenvalue weighted by atomic mass is 10.1. The van der Waals surface area contributed by atoms with E-state index in [1.807, 2.05) is 0 Å². The Hall–Kier alpha value is -0.160. The van der Waals surface area contributed by atoms with Crippen molar-refractivity contribution in [1.82, 2.24) is 20.2 Å². The van der Waals surface area contributed by atoms with E-state index >= 15 is 0 Å². The van der Waals surface area contributed by atoms with E-state index in [0.29, 0.717) is 6.17 Å². The van der Waals surface area contributed by atoms with Gasteiger partial charge in [-0.2, -0.15) is 0 Å². The molecule has 0 saturated carbocycles. The van der Waals surface area contributed by atoms with Gasteiger partial charge in [0.2, 0.25) is 0 Å². The molecule has 3 saturated heterocycles. The number of nitrogens with zero attached hydrogens (tertiary/aromatic N) is 3. The van der Waals surface area contributed by atoms with Crippen LogP contribution in [0.15, 0.2) is 0 Å². The van der Waals surface area contributed by atoms with Crippen molar-refractivity contribution in [3.63, 3.8) is 0 Å². The van der Waals surface area contributed by atoms with E-state index in [1.54, 1.807) is 0 Å². The molecule has 3 fully saturated rings. The largest absolute Gasteiger partial charge is 0.314 e. The number of rotatable bonds is 2. The summed E-state index contributed by atoms with van der Waals surface area (Å²) in [4.78, 5) is 2.73. The van der Waals surface area contributed by atoms with Gasteiger partial charge in [-0.3, -0.25) is 4.90 Å². The first-order chi connectivity index (χ1) is 8.45. The van der Waals surface area contributed by atoms with Gasteiger partial charge in [-0.05, 0) is 38.8 Å². The summed E-state index contributed by atoms with van der Waals surface area (Å²) in [5, 5.41) is 8.72. The molecule has 1 atom stereocenters. The summed E-state index contributed by atoms with van der Waals surface area (Å²) >= 11 is 0. The topological polar surface area (TPSA) is 21.8 Å². The molecule has 0 bridgehead atoms. The summed E-state index contributed by atoms with van der Waals surface area (Å²) < 4.78 is 0. The van der Waals surface area contributed by atoms with Crippen molar-refractivity contribution >= 4 is 0 Å². The Balaban J connectivity index is 1.61. The predicted molar refractivity (Wildman–Crippen MR) is 69.6 cm³/mol. The van der Waals surface area contributed by atoms with Crippen LogP contribution in [0.2, 0.25) is 0 Å². The SMILES string of the molecule is C1CCN(C2CCCN2N2CCNCC2)CC1. The van der Waals surface area contributed by atoms with E-state index in [2.05, 4.69) is 20.2 Å². The number of piperazine rings is 1. The molecule has 0 aliphatic carbocycles. The molecule has 17 heavy (non-hydrogen) atoms. The van der Waals surface area contributed by atoms with Crippen LogP contribution in [-0.4, -0.2) is 66.9 Å². The molecule has 1 unspecified atom stereocenters. The van der Waals surface area contributed by atoms with Gasteiger partial charge < -0.3 is 5.32 Å². The van der Waals surface area contributed by atoms with E-state index in [4.69, 9.17) is 0 Å². The fourth-order valence-electron chi connectivity index (χ4n) is 3.56. The molecule has 3 aliphatic heterocycles. The number of piperidine rings is 1. The van der Waals surface area contributed by atoms with Crippen LogP contribution in [0.4, 0.5) is 0 Å². The standard InChI is InChI=1S/C13H26N4/c1-2-8-15(9-3-1)13-5-4-10-17(13)16-11-6-14-7-12-16/h13-14H,1-12H2. The first kappa shape index (κ1) is 11.9. The van der Waals surface area contributed by atoms with Gasteiger partial charge >= 0.3 is 0 Å². The van der Waals surface area contributed by atoms with Crippen LogP contribution in [0.3, 0.4) is 0 Å². The molecule has 4 heteroatoms. The monoisotopic (exact) mass is 238 g/mol. The van der Waals surface area contributed by atoms with Crippen LogP contribution in [0.25, 0.3) is 0 Å². The summed E-state index contributed by atoms with van der Waals surface area (Å²) in [5.41, 5.74) is 0. The van der Waals surface area contributed by atoms with Crippen molar-refractivity contribution in [2.24, 2.45) is 0 Å². The van der Waals surface area contributed by atoms with Crippen molar-refractivity contribution in [1.29, 1.82) is 0 Å². The minimum absolute atomic E-state index is 0.716. The molecular formula is C13H26N4. The maximum Gasteiger partial charge on any atom is 0.0760 e. The van der Waals surface area contributed by atoms with Crippen LogP contribution in [0.5, 0.6) is 0 Å². The average Bonchev–Trinajstić information content (AvgIpc) is 2.90. The Morgan fingerprint density at radius 1 is 0.765 bits per heavy atom. The first-order valence-electron chi connectivity index (χ1n) is 7.41. The highest BCUT2D eigenvalue weighted by Gasteiger charge is 2.34. The summed E-state index contributed by atoms with van der Waals surface area (Å²) in [6.07, 6.45) is 7.73. The minimum Gasteiger partial charge on any atom is -0.314 e. The Morgan fingerprint density at radius 2 is 1.53 bits per heavy atom. The van der Waals surface area contributed by atoms with Gasteiger partial charge in [-0.1, -0.05) is 6.42 Å². The van der Waals surface area contributed by atoms with Gasteiger partial charge in [0.15, 0.2) is 0 Å². The average molecular weight is 238 g/mol. The molecule has 0 spiro atoms. The molecule has 3 rings (SSSR count). The minimum atomic E-state index is 0.716. The van der Waals surface area contributed by atoms with Crippen molar-refractivity contribution in [3.8, 4) is 0 Å². The van der Waals surface area contributed by atoms with Crippen molar-refractivity contribution in [3.05, 3.63) is 0 Å². The number of likely N-dealkylation sites (tertiary alicyclic amines) is 1. The Morgan fingerprint density at radius 3 is 2.29 bits per heavy atom. The van der Waals surface area contributed by atoms with Crippen LogP contribution in [0, 0.1) is 0 Å². The fraction of sp³-hybridized carbons (Fsp3) is 1.00. The van der Waals surface area contributed by atoms with Crippen LogP contribution in [0.1, 0.15) is 32.1 Å². The number of nitrogens with one attached hydrogen (secondary N) is 1.